The monoisotopic (exact) mass is 458 g/mol. The van der Waals surface area contributed by atoms with E-state index in [1.807, 2.05) is 39.8 Å². The maximum absolute atomic E-state index is 5.86. The van der Waals surface area contributed by atoms with Gasteiger partial charge in [-0.05, 0) is 43.4 Å². The molecule has 4 aromatic heterocycles. The molecule has 10 nitrogen and oxygen atoms in total. The van der Waals surface area contributed by atoms with Crippen molar-refractivity contribution >= 4 is 0 Å². The summed E-state index contributed by atoms with van der Waals surface area (Å²) >= 11 is 0. The van der Waals surface area contributed by atoms with Crippen molar-refractivity contribution in [1.82, 2.24) is 39.7 Å². The number of hydrogen-bond acceptors (Lipinski definition) is 8. The molecule has 174 valence electrons. The minimum atomic E-state index is 0.125. The summed E-state index contributed by atoms with van der Waals surface area (Å²) in [4.78, 5) is 13.2. The SMILES string of the molecule is c1cncc(Oc2cc(-c3nc(-c4cn(CCC5CC5)nn4)n(CC4CCCO4)n3)ccn2)c1. The molecule has 4 aromatic rings. The van der Waals surface area contributed by atoms with Crippen LogP contribution in [0.5, 0.6) is 11.6 Å². The first-order valence-electron chi connectivity index (χ1n) is 11.8. The number of hydrogen-bond donors (Lipinski definition) is 0. The highest BCUT2D eigenvalue weighted by Gasteiger charge is 2.24. The van der Waals surface area contributed by atoms with Crippen LogP contribution in [-0.2, 0) is 17.8 Å². The van der Waals surface area contributed by atoms with Crippen molar-refractivity contribution in [2.75, 3.05) is 6.61 Å². The molecule has 2 aliphatic rings. The molecule has 1 aliphatic carbocycles. The van der Waals surface area contributed by atoms with E-state index in [4.69, 9.17) is 19.6 Å². The van der Waals surface area contributed by atoms with Gasteiger partial charge in [0.15, 0.2) is 11.6 Å². The van der Waals surface area contributed by atoms with Gasteiger partial charge in [0.1, 0.15) is 11.4 Å². The molecule has 10 heteroatoms. The third-order valence-corrected chi connectivity index (χ3v) is 6.15. The summed E-state index contributed by atoms with van der Waals surface area (Å²) in [6, 6.07) is 7.35. The lowest BCUT2D eigenvalue weighted by Crippen LogP contribution is -2.17. The highest BCUT2D eigenvalue weighted by atomic mass is 16.5. The van der Waals surface area contributed by atoms with Gasteiger partial charge in [0.25, 0.3) is 0 Å². The van der Waals surface area contributed by atoms with Gasteiger partial charge in [-0.2, -0.15) is 5.10 Å². The third-order valence-electron chi connectivity index (χ3n) is 6.15. The largest absolute Gasteiger partial charge is 0.437 e. The second kappa shape index (κ2) is 9.30. The predicted octanol–water partition coefficient (Wildman–Crippen LogP) is 3.77. The third kappa shape index (κ3) is 4.81. The van der Waals surface area contributed by atoms with Crippen LogP contribution in [0, 0.1) is 5.92 Å². The Bertz CT molecular complexity index is 1240. The van der Waals surface area contributed by atoms with Gasteiger partial charge >= 0.3 is 0 Å². The van der Waals surface area contributed by atoms with Crippen LogP contribution < -0.4 is 4.74 Å². The van der Waals surface area contributed by atoms with Gasteiger partial charge in [-0.1, -0.05) is 18.1 Å². The summed E-state index contributed by atoms with van der Waals surface area (Å²) in [6.45, 7) is 2.30. The zero-order valence-electron chi connectivity index (χ0n) is 18.8. The van der Waals surface area contributed by atoms with Gasteiger partial charge in [0.2, 0.25) is 5.88 Å². The lowest BCUT2D eigenvalue weighted by Gasteiger charge is -2.10. The maximum Gasteiger partial charge on any atom is 0.219 e. The van der Waals surface area contributed by atoms with Gasteiger partial charge in [-0.15, -0.1) is 5.10 Å². The van der Waals surface area contributed by atoms with Gasteiger partial charge < -0.3 is 9.47 Å². The lowest BCUT2D eigenvalue weighted by molar-refractivity contribution is 0.0944. The first-order chi connectivity index (χ1) is 16.8. The van der Waals surface area contributed by atoms with Crippen LogP contribution in [-0.4, -0.2) is 52.4 Å². The Morgan fingerprint density at radius 1 is 1.15 bits per heavy atom. The van der Waals surface area contributed by atoms with Crippen LogP contribution in [0.4, 0.5) is 0 Å². The zero-order valence-corrected chi connectivity index (χ0v) is 18.8. The number of ether oxygens (including phenoxy) is 2. The second-order valence-electron chi connectivity index (χ2n) is 8.85. The first-order valence-corrected chi connectivity index (χ1v) is 11.8. The van der Waals surface area contributed by atoms with Crippen LogP contribution in [0.15, 0.2) is 49.1 Å². The molecule has 0 N–H and O–H groups in total. The van der Waals surface area contributed by atoms with Crippen LogP contribution in [0.3, 0.4) is 0 Å². The Balaban J connectivity index is 1.29. The Morgan fingerprint density at radius 2 is 2.12 bits per heavy atom. The molecule has 5 heterocycles. The highest BCUT2D eigenvalue weighted by Crippen LogP contribution is 2.33. The van der Waals surface area contributed by atoms with E-state index in [0.29, 0.717) is 35.5 Å². The number of pyridine rings is 2. The summed E-state index contributed by atoms with van der Waals surface area (Å²) in [5, 5.41) is 13.5. The van der Waals surface area contributed by atoms with Crippen molar-refractivity contribution in [2.45, 2.75) is 51.3 Å². The standard InChI is InChI=1S/C24H26N8O2/c1-3-19(14-25-9-1)34-22-13-18(7-10-26-22)23-27-24(32(29-23)15-20-4-2-12-33-20)21-16-31(30-28-21)11-8-17-5-6-17/h1,3,7,9-10,13-14,16-17,20H,2,4-6,8,11-12,15H2. The molecule has 34 heavy (non-hydrogen) atoms. The van der Waals surface area contributed by atoms with E-state index < -0.39 is 0 Å². The molecule has 1 atom stereocenters. The van der Waals surface area contributed by atoms with E-state index in [2.05, 4.69) is 20.3 Å². The van der Waals surface area contributed by atoms with Crippen LogP contribution in [0.25, 0.3) is 22.9 Å². The Labute approximate surface area is 197 Å². The van der Waals surface area contributed by atoms with E-state index in [-0.39, 0.29) is 6.10 Å². The molecule has 1 saturated heterocycles. The molecule has 1 saturated carbocycles. The second-order valence-corrected chi connectivity index (χ2v) is 8.85. The molecule has 0 bridgehead atoms. The van der Waals surface area contributed by atoms with Crippen molar-refractivity contribution < 1.29 is 9.47 Å². The fourth-order valence-electron chi connectivity index (χ4n) is 4.13. The smallest absolute Gasteiger partial charge is 0.219 e. The average Bonchev–Trinajstić information content (AvgIpc) is 3.23. The first kappa shape index (κ1) is 20.9. The summed E-state index contributed by atoms with van der Waals surface area (Å²) in [5.74, 6) is 3.19. The molecule has 0 aromatic carbocycles. The normalized spacial score (nSPS) is 17.8. The highest BCUT2D eigenvalue weighted by molar-refractivity contribution is 5.60. The number of nitrogens with zero attached hydrogens (tertiary/aromatic N) is 8. The molecular formula is C24H26N8O2. The van der Waals surface area contributed by atoms with Crippen LogP contribution in [0.1, 0.15) is 32.1 Å². The van der Waals surface area contributed by atoms with Crippen molar-refractivity contribution in [3.63, 3.8) is 0 Å². The fourth-order valence-corrected chi connectivity index (χ4v) is 4.13. The molecule has 0 amide bonds. The number of aryl methyl sites for hydroxylation is 1. The molecule has 2 fully saturated rings. The summed E-state index contributed by atoms with van der Waals surface area (Å²) in [5.41, 5.74) is 1.52. The van der Waals surface area contributed by atoms with Crippen molar-refractivity contribution in [3.8, 4) is 34.5 Å². The molecule has 6 rings (SSSR count). The zero-order chi connectivity index (χ0) is 22.7. The number of aromatic nitrogens is 8. The minimum absolute atomic E-state index is 0.125. The van der Waals surface area contributed by atoms with E-state index in [9.17, 15) is 0 Å². The predicted molar refractivity (Wildman–Crippen MR) is 123 cm³/mol. The summed E-state index contributed by atoms with van der Waals surface area (Å²) in [6.07, 6.45) is 13.0. The van der Waals surface area contributed by atoms with E-state index in [0.717, 1.165) is 43.9 Å². The molecule has 1 unspecified atom stereocenters. The van der Waals surface area contributed by atoms with Crippen molar-refractivity contribution in [1.29, 1.82) is 0 Å². The Kier molecular flexibility index (Phi) is 5.72. The van der Waals surface area contributed by atoms with Crippen molar-refractivity contribution in [3.05, 3.63) is 49.1 Å². The van der Waals surface area contributed by atoms with Crippen LogP contribution in [0.2, 0.25) is 0 Å². The average molecular weight is 459 g/mol. The molecular weight excluding hydrogens is 432 g/mol. The minimum Gasteiger partial charge on any atom is -0.437 e. The van der Waals surface area contributed by atoms with Gasteiger partial charge in [0, 0.05) is 37.2 Å². The lowest BCUT2D eigenvalue weighted by atomic mass is 10.2. The fraction of sp³-hybridized carbons (Fsp3) is 0.417. The Hall–Kier alpha value is -3.66. The number of rotatable bonds is 9. The van der Waals surface area contributed by atoms with E-state index in [1.165, 1.54) is 12.8 Å². The van der Waals surface area contributed by atoms with Crippen molar-refractivity contribution in [2.24, 2.45) is 5.92 Å². The summed E-state index contributed by atoms with van der Waals surface area (Å²) in [7, 11) is 0. The topological polar surface area (TPSA) is 106 Å². The summed E-state index contributed by atoms with van der Waals surface area (Å²) < 4.78 is 15.5. The molecule has 0 spiro atoms. The van der Waals surface area contributed by atoms with E-state index in [1.54, 1.807) is 18.6 Å². The van der Waals surface area contributed by atoms with Crippen LogP contribution >= 0.6 is 0 Å². The molecule has 1 aliphatic heterocycles. The van der Waals surface area contributed by atoms with Gasteiger partial charge in [-0.25, -0.2) is 14.6 Å². The maximum atomic E-state index is 5.86. The Morgan fingerprint density at radius 3 is 2.94 bits per heavy atom. The molecule has 0 radical (unpaired) electrons. The van der Waals surface area contributed by atoms with E-state index >= 15 is 0 Å². The quantitative estimate of drug-likeness (QED) is 0.373. The van der Waals surface area contributed by atoms with Gasteiger partial charge in [-0.3, -0.25) is 9.67 Å². The van der Waals surface area contributed by atoms with Gasteiger partial charge in [0.05, 0.1) is 25.0 Å².